The predicted molar refractivity (Wildman–Crippen MR) is 122 cm³/mol. The number of pyridine rings is 1. The maximum Gasteiger partial charge on any atom is 0.220 e. The third-order valence-corrected chi connectivity index (χ3v) is 7.67. The minimum Gasteiger partial charge on any atom is -0.355 e. The third kappa shape index (κ3) is 3.22. The van der Waals surface area contributed by atoms with Gasteiger partial charge in [-0.25, -0.2) is 9.37 Å². The third-order valence-electron chi connectivity index (χ3n) is 7.43. The molecule has 1 aromatic carbocycles. The molecule has 3 aliphatic rings. The fourth-order valence-corrected chi connectivity index (χ4v) is 5.95. The van der Waals surface area contributed by atoms with Gasteiger partial charge in [0.1, 0.15) is 17.5 Å². The molecule has 1 unspecified atom stereocenters. The van der Waals surface area contributed by atoms with Gasteiger partial charge in [-0.2, -0.15) is 0 Å². The minimum atomic E-state index is -0.315. The highest BCUT2D eigenvalue weighted by molar-refractivity contribution is 6.30. The maximum absolute atomic E-state index is 13.2. The molecule has 4 heterocycles. The fourth-order valence-electron chi connectivity index (χ4n) is 5.77. The van der Waals surface area contributed by atoms with Gasteiger partial charge >= 0.3 is 0 Å². The molecule has 1 saturated carbocycles. The van der Waals surface area contributed by atoms with Crippen molar-refractivity contribution in [2.75, 3.05) is 18.0 Å². The van der Waals surface area contributed by atoms with Crippen LogP contribution in [0.4, 0.5) is 10.2 Å². The molecule has 1 aliphatic carbocycles. The predicted octanol–water partition coefficient (Wildman–Crippen LogP) is 4.26. The van der Waals surface area contributed by atoms with Gasteiger partial charge in [-0.3, -0.25) is 9.36 Å². The second-order valence-corrected chi connectivity index (χ2v) is 10.1. The average molecular weight is 467 g/mol. The molecule has 1 atom stereocenters. The number of benzene rings is 1. The van der Waals surface area contributed by atoms with Crippen molar-refractivity contribution in [1.82, 2.24) is 24.6 Å². The largest absolute Gasteiger partial charge is 0.355 e. The smallest absolute Gasteiger partial charge is 0.220 e. The van der Waals surface area contributed by atoms with Crippen molar-refractivity contribution in [1.29, 1.82) is 0 Å². The van der Waals surface area contributed by atoms with Gasteiger partial charge in [0.15, 0.2) is 5.82 Å². The highest BCUT2D eigenvalue weighted by Gasteiger charge is 2.54. The van der Waals surface area contributed by atoms with E-state index >= 15 is 0 Å². The van der Waals surface area contributed by atoms with Crippen LogP contribution in [0.25, 0.3) is 5.69 Å². The summed E-state index contributed by atoms with van der Waals surface area (Å²) in [5, 5.41) is 9.73. The molecule has 1 spiro atoms. The first-order chi connectivity index (χ1) is 15.8. The molecule has 2 fully saturated rings. The lowest BCUT2D eigenvalue weighted by atomic mass is 9.57. The first-order valence-corrected chi connectivity index (χ1v) is 11.6. The van der Waals surface area contributed by atoms with E-state index in [4.69, 9.17) is 11.6 Å². The summed E-state index contributed by atoms with van der Waals surface area (Å²) in [6.07, 6.45) is 3.32. The van der Waals surface area contributed by atoms with Gasteiger partial charge in [0.25, 0.3) is 0 Å². The number of rotatable bonds is 2. The van der Waals surface area contributed by atoms with Crippen LogP contribution in [0.2, 0.25) is 5.02 Å². The Morgan fingerprint density at radius 2 is 1.97 bits per heavy atom. The Kier molecular flexibility index (Phi) is 4.52. The summed E-state index contributed by atoms with van der Waals surface area (Å²) < 4.78 is 15.3. The minimum absolute atomic E-state index is 0.00187. The Hall–Kier alpha value is -3.00. The van der Waals surface area contributed by atoms with E-state index in [0.717, 1.165) is 54.6 Å². The van der Waals surface area contributed by atoms with Gasteiger partial charge in [-0.1, -0.05) is 11.6 Å². The van der Waals surface area contributed by atoms with E-state index in [2.05, 4.69) is 24.6 Å². The van der Waals surface area contributed by atoms with Crippen LogP contribution in [0.15, 0.2) is 36.5 Å². The van der Waals surface area contributed by atoms with Crippen LogP contribution in [0.5, 0.6) is 0 Å². The number of halogens is 2. The summed E-state index contributed by atoms with van der Waals surface area (Å²) in [4.78, 5) is 20.6. The molecule has 0 N–H and O–H groups in total. The number of anilines is 1. The Balaban J connectivity index is 1.27. The molecule has 3 aromatic rings. The van der Waals surface area contributed by atoms with Crippen LogP contribution in [0.1, 0.15) is 55.9 Å². The van der Waals surface area contributed by atoms with Crippen LogP contribution in [-0.2, 0) is 11.3 Å². The molecule has 1 amide bonds. The Morgan fingerprint density at radius 1 is 1.18 bits per heavy atom. The van der Waals surface area contributed by atoms with Gasteiger partial charge in [-0.05, 0) is 55.7 Å². The summed E-state index contributed by atoms with van der Waals surface area (Å²) >= 11 is 6.33. The number of carbonyl (C=O) groups excluding carboxylic acids is 1. The SMILES string of the molecule is CC(=O)N1Cc2nnc(C3CC4(C3)CN(c3ccc(F)cn3)C4)n2-c2ccc(Cl)cc2C1C. The van der Waals surface area contributed by atoms with Crippen molar-refractivity contribution < 1.29 is 9.18 Å². The quantitative estimate of drug-likeness (QED) is 0.564. The number of aromatic nitrogens is 4. The molecular formula is C24H24ClFN6O. The second-order valence-electron chi connectivity index (χ2n) is 9.63. The molecule has 1 saturated heterocycles. The van der Waals surface area contributed by atoms with Crippen LogP contribution < -0.4 is 4.90 Å². The van der Waals surface area contributed by atoms with Crippen molar-refractivity contribution >= 4 is 23.3 Å². The molecular weight excluding hydrogens is 443 g/mol. The molecule has 0 bridgehead atoms. The van der Waals surface area contributed by atoms with E-state index in [1.165, 1.54) is 12.3 Å². The lowest BCUT2D eigenvalue weighted by Gasteiger charge is -2.59. The molecule has 9 heteroatoms. The van der Waals surface area contributed by atoms with Crippen molar-refractivity contribution in [3.05, 3.63) is 64.6 Å². The lowest BCUT2D eigenvalue weighted by molar-refractivity contribution is -0.131. The number of hydrogen-bond donors (Lipinski definition) is 0. The average Bonchev–Trinajstić information content (AvgIpc) is 3.08. The molecule has 0 radical (unpaired) electrons. The van der Waals surface area contributed by atoms with Crippen LogP contribution >= 0.6 is 11.6 Å². The molecule has 170 valence electrons. The lowest BCUT2D eigenvalue weighted by Crippen LogP contribution is -2.62. The van der Waals surface area contributed by atoms with Crippen molar-refractivity contribution in [3.63, 3.8) is 0 Å². The van der Waals surface area contributed by atoms with Crippen LogP contribution in [-0.4, -0.2) is 43.6 Å². The monoisotopic (exact) mass is 466 g/mol. The highest BCUT2D eigenvalue weighted by atomic mass is 35.5. The van der Waals surface area contributed by atoms with Crippen molar-refractivity contribution in [2.45, 2.75) is 45.2 Å². The second kappa shape index (κ2) is 7.25. The Morgan fingerprint density at radius 3 is 2.67 bits per heavy atom. The van der Waals surface area contributed by atoms with Crippen LogP contribution in [0.3, 0.4) is 0 Å². The Labute approximate surface area is 196 Å². The molecule has 33 heavy (non-hydrogen) atoms. The van der Waals surface area contributed by atoms with Gasteiger partial charge in [0, 0.05) is 36.4 Å². The highest BCUT2D eigenvalue weighted by Crippen LogP contribution is 2.56. The standard InChI is InChI=1S/C24H24ClFN6O/c1-14-19-7-17(25)3-5-20(19)32-22(11-31(14)15(2)33)28-29-23(32)16-8-24(9-16)12-30(13-24)21-6-4-18(26)10-27-21/h3-7,10,14,16H,8-9,11-13H2,1-2H3. The molecule has 2 aromatic heterocycles. The number of amides is 1. The van der Waals surface area contributed by atoms with Gasteiger partial charge in [-0.15, -0.1) is 10.2 Å². The van der Waals surface area contributed by atoms with E-state index in [1.807, 2.05) is 30.0 Å². The van der Waals surface area contributed by atoms with Crippen molar-refractivity contribution in [3.8, 4) is 5.69 Å². The zero-order chi connectivity index (χ0) is 22.9. The van der Waals surface area contributed by atoms with Gasteiger partial charge in [0.05, 0.1) is 24.5 Å². The number of hydrogen-bond acceptors (Lipinski definition) is 5. The molecule has 6 rings (SSSR count). The zero-order valence-corrected chi connectivity index (χ0v) is 19.3. The first kappa shape index (κ1) is 20.6. The van der Waals surface area contributed by atoms with E-state index in [1.54, 1.807) is 13.0 Å². The van der Waals surface area contributed by atoms with Gasteiger partial charge in [0.2, 0.25) is 5.91 Å². The van der Waals surface area contributed by atoms with Crippen LogP contribution in [0, 0.1) is 11.2 Å². The van der Waals surface area contributed by atoms with E-state index in [-0.39, 0.29) is 23.2 Å². The van der Waals surface area contributed by atoms with Gasteiger partial charge < -0.3 is 9.80 Å². The first-order valence-electron chi connectivity index (χ1n) is 11.2. The summed E-state index contributed by atoms with van der Waals surface area (Å²) in [5.74, 6) is 2.54. The van der Waals surface area contributed by atoms with Crippen molar-refractivity contribution in [2.24, 2.45) is 5.41 Å². The normalized spacial score (nSPS) is 21.2. The molecule has 7 nitrogen and oxygen atoms in total. The fraction of sp³-hybridized carbons (Fsp3) is 0.417. The van der Waals surface area contributed by atoms with E-state index in [0.29, 0.717) is 17.5 Å². The summed E-state index contributed by atoms with van der Waals surface area (Å²) in [6.45, 7) is 5.87. The summed E-state index contributed by atoms with van der Waals surface area (Å²) in [7, 11) is 0. The summed E-state index contributed by atoms with van der Waals surface area (Å²) in [5.41, 5.74) is 2.25. The molecule has 2 aliphatic heterocycles. The number of fused-ring (bicyclic) bond motifs is 3. The Bertz CT molecular complexity index is 1240. The topological polar surface area (TPSA) is 67.2 Å². The number of nitrogens with zero attached hydrogens (tertiary/aromatic N) is 6. The zero-order valence-electron chi connectivity index (χ0n) is 18.5. The maximum atomic E-state index is 13.2. The van der Waals surface area contributed by atoms with E-state index in [9.17, 15) is 9.18 Å². The number of carbonyl (C=O) groups is 1. The summed E-state index contributed by atoms with van der Waals surface area (Å²) in [6, 6.07) is 8.91. The van der Waals surface area contributed by atoms with E-state index < -0.39 is 0 Å².